The number of hydrogen-bond acceptors (Lipinski definition) is 9. The van der Waals surface area contributed by atoms with E-state index in [0.29, 0.717) is 32.3 Å². The zero-order valence-corrected chi connectivity index (χ0v) is 35.1. The van der Waals surface area contributed by atoms with E-state index in [1.165, 1.54) is 57.3 Å². The fourth-order valence-corrected chi connectivity index (χ4v) is 8.90. The number of nitrogens with zero attached hydrogens (tertiary/aromatic N) is 1. The summed E-state index contributed by atoms with van der Waals surface area (Å²) < 4.78 is 15.4. The second kappa shape index (κ2) is 22.2. The molecular formula is C50H58N2O8. The Labute approximate surface area is 353 Å². The van der Waals surface area contributed by atoms with Crippen molar-refractivity contribution in [2.75, 3.05) is 18.5 Å². The maximum atomic E-state index is 12.8. The van der Waals surface area contributed by atoms with Gasteiger partial charge in [0.1, 0.15) is 0 Å². The minimum absolute atomic E-state index is 0.255. The summed E-state index contributed by atoms with van der Waals surface area (Å²) in [6.45, 7) is 4.04. The Bertz CT molecular complexity index is 2080. The first-order valence-corrected chi connectivity index (χ1v) is 21.8. The van der Waals surface area contributed by atoms with Crippen molar-refractivity contribution in [3.63, 3.8) is 0 Å². The molecule has 60 heavy (non-hydrogen) atoms. The monoisotopic (exact) mass is 814 g/mol. The van der Waals surface area contributed by atoms with Crippen molar-refractivity contribution in [1.29, 1.82) is 0 Å². The van der Waals surface area contributed by atoms with E-state index in [1.54, 1.807) is 19.9 Å². The molecule has 4 aliphatic carbocycles. The molecule has 1 amide bonds. The molecule has 316 valence electrons. The smallest absolute Gasteiger partial charge is 0.412 e. The van der Waals surface area contributed by atoms with Crippen LogP contribution in [0, 0.1) is 0 Å². The highest BCUT2D eigenvalue weighted by atomic mass is 16.6. The lowest BCUT2D eigenvalue weighted by Gasteiger charge is -2.19. The molecule has 0 radical (unpaired) electrons. The average Bonchev–Trinajstić information content (AvgIpc) is 4.11. The summed E-state index contributed by atoms with van der Waals surface area (Å²) in [6, 6.07) is 24.3. The number of anilines is 1. The van der Waals surface area contributed by atoms with Crippen LogP contribution >= 0.6 is 0 Å². The molecule has 0 spiro atoms. The predicted molar refractivity (Wildman–Crippen MR) is 231 cm³/mol. The van der Waals surface area contributed by atoms with Crippen LogP contribution < -0.4 is 5.32 Å². The molecule has 10 heteroatoms. The number of ether oxygens (including phenoxy) is 3. The van der Waals surface area contributed by atoms with Gasteiger partial charge in [0.15, 0.2) is 6.10 Å². The fraction of sp³-hybridized carbons (Fsp3) is 0.440. The third-order valence-corrected chi connectivity index (χ3v) is 11.7. The number of rotatable bonds is 13. The summed E-state index contributed by atoms with van der Waals surface area (Å²) in [4.78, 5) is 50.7. The van der Waals surface area contributed by atoms with Crippen LogP contribution in [0.3, 0.4) is 0 Å². The Morgan fingerprint density at radius 3 is 1.58 bits per heavy atom. The van der Waals surface area contributed by atoms with Gasteiger partial charge in [0.05, 0.1) is 24.6 Å². The molecule has 2 atom stereocenters. The molecule has 8 rings (SSSR count). The molecule has 0 saturated heterocycles. The second-order valence-electron chi connectivity index (χ2n) is 15.7. The number of fused-ring (bicyclic) bond motifs is 4. The Morgan fingerprint density at radius 1 is 0.650 bits per heavy atom. The topological polar surface area (TPSA) is 141 Å². The Morgan fingerprint density at radius 2 is 1.10 bits per heavy atom. The minimum atomic E-state index is -1.01. The van der Waals surface area contributed by atoms with E-state index in [2.05, 4.69) is 22.4 Å². The van der Waals surface area contributed by atoms with Crippen LogP contribution in [0.4, 0.5) is 16.2 Å². The summed E-state index contributed by atoms with van der Waals surface area (Å²) in [5.41, 5.74) is 14.7. The molecule has 4 aromatic rings. The molecule has 0 fully saturated rings. The number of isocyanates is 1. The van der Waals surface area contributed by atoms with Crippen molar-refractivity contribution in [2.24, 2.45) is 4.99 Å². The van der Waals surface area contributed by atoms with Gasteiger partial charge in [-0.15, -0.1) is 0 Å². The first-order chi connectivity index (χ1) is 29.3. The van der Waals surface area contributed by atoms with Gasteiger partial charge in [0.2, 0.25) is 12.2 Å². The fourth-order valence-electron chi connectivity index (χ4n) is 8.90. The van der Waals surface area contributed by atoms with Crippen molar-refractivity contribution >= 4 is 35.5 Å². The van der Waals surface area contributed by atoms with Gasteiger partial charge in [-0.05, 0) is 172 Å². The summed E-state index contributed by atoms with van der Waals surface area (Å²) in [5.74, 6) is -1.03. The van der Waals surface area contributed by atoms with Crippen LogP contribution in [-0.4, -0.2) is 54.6 Å². The molecular weight excluding hydrogens is 757 g/mol. The molecule has 4 aliphatic rings. The summed E-state index contributed by atoms with van der Waals surface area (Å²) in [5, 5.41) is 12.4. The Hall–Kier alpha value is -5.57. The molecule has 4 aromatic carbocycles. The van der Waals surface area contributed by atoms with Crippen molar-refractivity contribution < 1.29 is 38.5 Å². The molecule has 0 unspecified atom stereocenters. The number of aryl methyl sites for hydroxylation is 6. The zero-order valence-electron chi connectivity index (χ0n) is 35.1. The van der Waals surface area contributed by atoms with Gasteiger partial charge in [-0.1, -0.05) is 72.8 Å². The number of aliphatic imine (C=N–C) groups is 1. The van der Waals surface area contributed by atoms with Crippen LogP contribution in [0.2, 0.25) is 0 Å². The Kier molecular flexibility index (Phi) is 16.2. The molecule has 0 aromatic heterocycles. The van der Waals surface area contributed by atoms with Gasteiger partial charge in [0, 0.05) is 0 Å². The highest BCUT2D eigenvalue weighted by molar-refractivity contribution is 5.90. The predicted octanol–water partition coefficient (Wildman–Crippen LogP) is 8.95. The van der Waals surface area contributed by atoms with Gasteiger partial charge in [-0.25, -0.2) is 19.2 Å². The summed E-state index contributed by atoms with van der Waals surface area (Å²) >= 11 is 0. The number of benzene rings is 4. The largest absolute Gasteiger partial charge is 0.464 e. The number of aliphatic hydroxyl groups excluding tert-OH is 1. The van der Waals surface area contributed by atoms with Crippen LogP contribution in [0.1, 0.15) is 108 Å². The molecule has 0 saturated carbocycles. The third-order valence-electron chi connectivity index (χ3n) is 11.7. The number of hydrogen-bond donors (Lipinski definition) is 2. The van der Waals surface area contributed by atoms with Gasteiger partial charge < -0.3 is 19.3 Å². The van der Waals surface area contributed by atoms with Crippen LogP contribution in [0.5, 0.6) is 0 Å². The number of nitrogens with one attached hydrogen (secondary N) is 1. The van der Waals surface area contributed by atoms with Crippen LogP contribution in [-0.2, 0) is 92.8 Å². The van der Waals surface area contributed by atoms with E-state index in [-0.39, 0.29) is 6.61 Å². The molecule has 10 nitrogen and oxygen atoms in total. The lowest BCUT2D eigenvalue weighted by atomic mass is 9.99. The van der Waals surface area contributed by atoms with Gasteiger partial charge in [0.25, 0.3) is 0 Å². The zero-order chi connectivity index (χ0) is 42.3. The van der Waals surface area contributed by atoms with Crippen molar-refractivity contribution in [3.8, 4) is 0 Å². The highest BCUT2D eigenvalue weighted by Gasteiger charge is 2.29. The molecule has 0 aliphatic heterocycles. The number of carbonyl (C=O) groups excluding carboxylic acids is 4. The summed E-state index contributed by atoms with van der Waals surface area (Å²) in [6.07, 6.45) is 14.5. The summed E-state index contributed by atoms with van der Waals surface area (Å²) in [7, 11) is 0. The molecule has 0 bridgehead atoms. The first-order valence-electron chi connectivity index (χ1n) is 21.8. The maximum Gasteiger partial charge on any atom is 0.412 e. The lowest BCUT2D eigenvalue weighted by molar-refractivity contribution is -0.153. The van der Waals surface area contributed by atoms with E-state index >= 15 is 0 Å². The van der Waals surface area contributed by atoms with E-state index in [1.807, 2.05) is 60.7 Å². The van der Waals surface area contributed by atoms with Crippen LogP contribution in [0.25, 0.3) is 0 Å². The third kappa shape index (κ3) is 11.6. The van der Waals surface area contributed by atoms with Crippen molar-refractivity contribution in [3.05, 3.63) is 128 Å². The van der Waals surface area contributed by atoms with Gasteiger partial charge >= 0.3 is 18.0 Å². The maximum absolute atomic E-state index is 12.8. The van der Waals surface area contributed by atoms with E-state index in [0.717, 1.165) is 86.7 Å². The van der Waals surface area contributed by atoms with E-state index in [9.17, 15) is 24.3 Å². The van der Waals surface area contributed by atoms with E-state index in [4.69, 9.17) is 14.2 Å². The van der Waals surface area contributed by atoms with Gasteiger partial charge in [-0.3, -0.25) is 5.32 Å². The number of carbonyl (C=O) groups is 3. The number of aliphatic hydroxyl groups is 1. The number of esters is 2. The standard InChI is InChI=1S/C25H29NO4.C13H13NO.C12H16O3/c1-2-29-24(27)22(15-14-17-8-4-3-5-9-17)30-25(28)26-23-20-12-6-10-18(20)16-19-11-7-13-21(19)23;15-8-14-13-11-5-1-3-9(11)7-10-4-2-6-12(10)13;1-2-15-12(14)11(13)9-8-10-6-4-3-5-7-10/h3-5,8-9,16,22H,2,6-7,10-15H2,1H3,(H,26,28);7H,1-6H2;3-7,11,13H,2,8-9H2,1H3/t22-;;11-/m1.1/s1. The Balaban J connectivity index is 0.000000168. The van der Waals surface area contributed by atoms with Gasteiger partial charge in [-0.2, -0.15) is 4.99 Å². The minimum Gasteiger partial charge on any atom is -0.464 e. The number of amides is 1. The van der Waals surface area contributed by atoms with Crippen molar-refractivity contribution in [1.82, 2.24) is 0 Å². The quantitative estimate of drug-likeness (QED) is 0.0590. The average molecular weight is 815 g/mol. The van der Waals surface area contributed by atoms with Crippen LogP contribution in [0.15, 0.2) is 77.8 Å². The normalized spacial score (nSPS) is 14.9. The molecule has 0 heterocycles. The highest BCUT2D eigenvalue weighted by Crippen LogP contribution is 2.40. The SMILES string of the molecule is CCOC(=O)[C@@H](CCc1ccccc1)OC(=O)Nc1c2c(cc3c1CCC3)CCC2.CCOC(=O)[C@H](O)CCc1ccccc1.O=C=Nc1c2c(cc3c1CCC3)CCC2. The first kappa shape index (κ1) is 44.0. The van der Waals surface area contributed by atoms with E-state index < -0.39 is 30.2 Å². The lowest BCUT2D eigenvalue weighted by Crippen LogP contribution is -2.32. The second-order valence-corrected chi connectivity index (χ2v) is 15.7. The molecule has 2 N–H and O–H groups in total. The van der Waals surface area contributed by atoms with Crippen molar-refractivity contribution in [2.45, 2.75) is 129 Å².